The molecule has 0 radical (unpaired) electrons. The summed E-state index contributed by atoms with van der Waals surface area (Å²) >= 11 is 0. The lowest BCUT2D eigenvalue weighted by Gasteiger charge is -2.18. The molecule has 2 amide bonds. The van der Waals surface area contributed by atoms with E-state index in [9.17, 15) is 9.59 Å². The summed E-state index contributed by atoms with van der Waals surface area (Å²) in [5, 5.41) is 2.86. The molecule has 102 valence electrons. The predicted octanol–water partition coefficient (Wildman–Crippen LogP) is 0.928. The molecule has 0 heterocycles. The minimum atomic E-state index is -0.184. The molecule has 0 saturated heterocycles. The highest BCUT2D eigenvalue weighted by molar-refractivity contribution is 5.98. The van der Waals surface area contributed by atoms with Crippen LogP contribution in [0, 0.1) is 6.92 Å². The first-order chi connectivity index (χ1) is 8.99. The molecule has 5 heteroatoms. The van der Waals surface area contributed by atoms with Crippen LogP contribution < -0.4 is 11.1 Å². The molecule has 0 aromatic heterocycles. The molecular formula is C14H19N3O2. The van der Waals surface area contributed by atoms with E-state index in [2.05, 4.69) is 5.32 Å². The van der Waals surface area contributed by atoms with Crippen LogP contribution in [-0.2, 0) is 4.79 Å². The van der Waals surface area contributed by atoms with Crippen LogP contribution in [0.1, 0.15) is 28.8 Å². The van der Waals surface area contributed by atoms with Crippen LogP contribution >= 0.6 is 0 Å². The third kappa shape index (κ3) is 3.24. The SMILES string of the molecule is Cc1c(N)cccc1C(=O)N(C)CC(=O)NC1CC1. The van der Waals surface area contributed by atoms with Gasteiger partial charge in [-0.2, -0.15) is 0 Å². The molecule has 1 aliphatic carbocycles. The van der Waals surface area contributed by atoms with E-state index in [4.69, 9.17) is 5.73 Å². The molecule has 1 saturated carbocycles. The first-order valence-electron chi connectivity index (χ1n) is 6.39. The Labute approximate surface area is 112 Å². The van der Waals surface area contributed by atoms with Crippen molar-refractivity contribution in [3.05, 3.63) is 29.3 Å². The molecule has 1 aromatic carbocycles. The van der Waals surface area contributed by atoms with Crippen LogP contribution in [0.3, 0.4) is 0 Å². The maximum absolute atomic E-state index is 12.2. The van der Waals surface area contributed by atoms with Crippen molar-refractivity contribution in [3.63, 3.8) is 0 Å². The molecule has 19 heavy (non-hydrogen) atoms. The molecule has 2 rings (SSSR count). The molecular weight excluding hydrogens is 242 g/mol. The van der Waals surface area contributed by atoms with Gasteiger partial charge in [-0.15, -0.1) is 0 Å². The number of hydrogen-bond acceptors (Lipinski definition) is 3. The zero-order valence-electron chi connectivity index (χ0n) is 11.3. The van der Waals surface area contributed by atoms with Crippen molar-refractivity contribution in [1.82, 2.24) is 10.2 Å². The number of rotatable bonds is 4. The largest absolute Gasteiger partial charge is 0.398 e. The number of anilines is 1. The van der Waals surface area contributed by atoms with Gasteiger partial charge in [0.05, 0.1) is 6.54 Å². The molecule has 5 nitrogen and oxygen atoms in total. The normalized spacial score (nSPS) is 14.0. The first-order valence-corrected chi connectivity index (χ1v) is 6.39. The van der Waals surface area contributed by atoms with Crippen molar-refractivity contribution in [2.24, 2.45) is 0 Å². The van der Waals surface area contributed by atoms with E-state index in [0.717, 1.165) is 18.4 Å². The van der Waals surface area contributed by atoms with E-state index in [0.29, 0.717) is 17.3 Å². The molecule has 0 atom stereocenters. The van der Waals surface area contributed by atoms with E-state index in [1.807, 2.05) is 0 Å². The summed E-state index contributed by atoms with van der Waals surface area (Å²) in [6.45, 7) is 1.88. The quantitative estimate of drug-likeness (QED) is 0.792. The highest BCUT2D eigenvalue weighted by Crippen LogP contribution is 2.19. The Morgan fingerprint density at radius 1 is 1.42 bits per heavy atom. The number of nitrogens with two attached hydrogens (primary N) is 1. The van der Waals surface area contributed by atoms with E-state index in [1.165, 1.54) is 4.90 Å². The van der Waals surface area contributed by atoms with Gasteiger partial charge >= 0.3 is 0 Å². The Morgan fingerprint density at radius 3 is 2.74 bits per heavy atom. The molecule has 0 unspecified atom stereocenters. The van der Waals surface area contributed by atoms with Crippen molar-refractivity contribution in [2.75, 3.05) is 19.3 Å². The van der Waals surface area contributed by atoms with Crippen molar-refractivity contribution < 1.29 is 9.59 Å². The molecule has 1 aliphatic rings. The fourth-order valence-corrected chi connectivity index (χ4v) is 1.88. The summed E-state index contributed by atoms with van der Waals surface area (Å²) in [5.74, 6) is -0.296. The van der Waals surface area contributed by atoms with Gasteiger partial charge < -0.3 is 16.0 Å². The molecule has 1 fully saturated rings. The van der Waals surface area contributed by atoms with Crippen LogP contribution in [0.4, 0.5) is 5.69 Å². The topological polar surface area (TPSA) is 75.4 Å². The Bertz CT molecular complexity index is 509. The van der Waals surface area contributed by atoms with Crippen molar-refractivity contribution in [3.8, 4) is 0 Å². The molecule has 0 spiro atoms. The summed E-state index contributed by atoms with van der Waals surface area (Å²) in [5.41, 5.74) is 7.66. The van der Waals surface area contributed by atoms with E-state index < -0.39 is 0 Å². The fourth-order valence-electron chi connectivity index (χ4n) is 1.88. The summed E-state index contributed by atoms with van der Waals surface area (Å²) in [4.78, 5) is 25.3. The summed E-state index contributed by atoms with van der Waals surface area (Å²) in [6.07, 6.45) is 2.08. The van der Waals surface area contributed by atoms with Gasteiger partial charge in [-0.1, -0.05) is 6.07 Å². The smallest absolute Gasteiger partial charge is 0.254 e. The van der Waals surface area contributed by atoms with Gasteiger partial charge in [0.15, 0.2) is 0 Å². The fraction of sp³-hybridized carbons (Fsp3) is 0.429. The van der Waals surface area contributed by atoms with E-state index >= 15 is 0 Å². The maximum atomic E-state index is 12.2. The standard InChI is InChI=1S/C14H19N3O2/c1-9-11(4-3-5-12(9)15)14(19)17(2)8-13(18)16-10-6-7-10/h3-5,10H,6-8,15H2,1-2H3,(H,16,18). The van der Waals surface area contributed by atoms with Crippen LogP contribution in [0.5, 0.6) is 0 Å². The average Bonchev–Trinajstić information content (AvgIpc) is 3.15. The first kappa shape index (κ1) is 13.4. The predicted molar refractivity (Wildman–Crippen MR) is 73.7 cm³/mol. The Kier molecular flexibility index (Phi) is 3.74. The van der Waals surface area contributed by atoms with Crippen LogP contribution in [-0.4, -0.2) is 36.3 Å². The maximum Gasteiger partial charge on any atom is 0.254 e. The molecule has 0 aliphatic heterocycles. The number of nitrogens with one attached hydrogen (secondary N) is 1. The summed E-state index contributed by atoms with van der Waals surface area (Å²) < 4.78 is 0. The van der Waals surface area contributed by atoms with Gasteiger partial charge in [0, 0.05) is 24.3 Å². The highest BCUT2D eigenvalue weighted by Gasteiger charge is 2.24. The Morgan fingerprint density at radius 2 is 2.11 bits per heavy atom. The minimum absolute atomic E-state index is 0.0730. The van der Waals surface area contributed by atoms with Crippen LogP contribution in [0.25, 0.3) is 0 Å². The minimum Gasteiger partial charge on any atom is -0.398 e. The van der Waals surface area contributed by atoms with Crippen LogP contribution in [0.2, 0.25) is 0 Å². The summed E-state index contributed by atoms with van der Waals surface area (Å²) in [7, 11) is 1.62. The Hall–Kier alpha value is -2.04. The average molecular weight is 261 g/mol. The zero-order chi connectivity index (χ0) is 14.0. The number of carbonyl (C=O) groups is 2. The number of hydrogen-bond donors (Lipinski definition) is 2. The summed E-state index contributed by atoms with van der Waals surface area (Å²) in [6, 6.07) is 5.54. The van der Waals surface area contributed by atoms with Gasteiger partial charge in [-0.3, -0.25) is 9.59 Å². The monoisotopic (exact) mass is 261 g/mol. The second-order valence-electron chi connectivity index (χ2n) is 5.02. The van der Waals surface area contributed by atoms with E-state index in [-0.39, 0.29) is 18.4 Å². The van der Waals surface area contributed by atoms with Gasteiger partial charge in [-0.25, -0.2) is 0 Å². The lowest BCUT2D eigenvalue weighted by molar-refractivity contribution is -0.121. The van der Waals surface area contributed by atoms with Crippen molar-refractivity contribution in [1.29, 1.82) is 0 Å². The third-order valence-electron chi connectivity index (χ3n) is 3.28. The number of amides is 2. The molecule has 0 bridgehead atoms. The second kappa shape index (κ2) is 5.30. The second-order valence-corrected chi connectivity index (χ2v) is 5.02. The van der Waals surface area contributed by atoms with Gasteiger partial charge in [0.2, 0.25) is 5.91 Å². The number of nitrogens with zero attached hydrogens (tertiary/aromatic N) is 1. The lowest BCUT2D eigenvalue weighted by atomic mass is 10.1. The highest BCUT2D eigenvalue weighted by atomic mass is 16.2. The number of carbonyl (C=O) groups excluding carboxylic acids is 2. The molecule has 3 N–H and O–H groups in total. The molecule has 1 aromatic rings. The van der Waals surface area contributed by atoms with Gasteiger partial charge in [-0.05, 0) is 37.5 Å². The zero-order valence-corrected chi connectivity index (χ0v) is 11.3. The van der Waals surface area contributed by atoms with Gasteiger partial charge in [0.1, 0.15) is 0 Å². The number of likely N-dealkylation sites (N-methyl/N-ethyl adjacent to an activating group) is 1. The number of nitrogen functional groups attached to an aromatic ring is 1. The van der Waals surface area contributed by atoms with Crippen molar-refractivity contribution in [2.45, 2.75) is 25.8 Å². The van der Waals surface area contributed by atoms with E-state index in [1.54, 1.807) is 32.2 Å². The Balaban J connectivity index is 2.01. The number of benzene rings is 1. The van der Waals surface area contributed by atoms with Gasteiger partial charge in [0.25, 0.3) is 5.91 Å². The van der Waals surface area contributed by atoms with Crippen molar-refractivity contribution >= 4 is 17.5 Å². The lowest BCUT2D eigenvalue weighted by Crippen LogP contribution is -2.39. The third-order valence-corrected chi connectivity index (χ3v) is 3.28. The van der Waals surface area contributed by atoms with Crippen LogP contribution in [0.15, 0.2) is 18.2 Å².